The van der Waals surface area contributed by atoms with Crippen molar-refractivity contribution in [2.75, 3.05) is 11.9 Å². The molecule has 0 spiro atoms. The predicted octanol–water partition coefficient (Wildman–Crippen LogP) is 2.83. The molecule has 2 aromatic carbocycles. The van der Waals surface area contributed by atoms with Crippen LogP contribution in [0.5, 0.6) is 5.75 Å². The lowest BCUT2D eigenvalue weighted by molar-refractivity contribution is -0.145. The van der Waals surface area contributed by atoms with Gasteiger partial charge in [0.25, 0.3) is 0 Å². The smallest absolute Gasteiger partial charge is 0.338 e. The highest BCUT2D eigenvalue weighted by Crippen LogP contribution is 2.46. The lowest BCUT2D eigenvalue weighted by Gasteiger charge is -2.46. The van der Waals surface area contributed by atoms with Gasteiger partial charge in [-0.1, -0.05) is 18.2 Å². The Balaban J connectivity index is 1.56. The van der Waals surface area contributed by atoms with Crippen LogP contribution in [0.4, 0.5) is 5.69 Å². The van der Waals surface area contributed by atoms with Crippen molar-refractivity contribution in [3.05, 3.63) is 59.7 Å². The summed E-state index contributed by atoms with van der Waals surface area (Å²) < 4.78 is 10.9. The lowest BCUT2D eigenvalue weighted by Crippen LogP contribution is -2.62. The number of ether oxygens (including phenoxy) is 2. The fraction of sp³-hybridized carbons (Fsp3) is 0.318. The molecule has 0 aliphatic carbocycles. The minimum absolute atomic E-state index is 0.280. The van der Waals surface area contributed by atoms with E-state index < -0.39 is 23.5 Å². The van der Waals surface area contributed by atoms with Crippen molar-refractivity contribution >= 4 is 23.5 Å². The average molecular weight is 394 g/mol. The molecule has 2 N–H and O–H groups in total. The molecule has 4 rings (SSSR count). The molecule has 2 amide bonds. The number of amides is 2. The number of fused-ring (bicyclic) bond motifs is 4. The molecular formula is C22H22N2O5. The molecule has 7 nitrogen and oxygen atoms in total. The number of carbonyl (C=O) groups is 3. The first-order valence-electron chi connectivity index (χ1n) is 9.58. The zero-order valence-corrected chi connectivity index (χ0v) is 16.2. The van der Waals surface area contributed by atoms with E-state index >= 15 is 0 Å². The second-order valence-corrected chi connectivity index (χ2v) is 7.44. The van der Waals surface area contributed by atoms with Crippen LogP contribution in [0, 0.1) is 5.92 Å². The zero-order chi connectivity index (χ0) is 20.6. The van der Waals surface area contributed by atoms with Gasteiger partial charge in [-0.2, -0.15) is 0 Å². The molecule has 0 saturated carbocycles. The molecule has 2 heterocycles. The molecule has 1 saturated heterocycles. The van der Waals surface area contributed by atoms with Gasteiger partial charge in [0.15, 0.2) is 5.72 Å². The number of anilines is 1. The Morgan fingerprint density at radius 1 is 1.21 bits per heavy atom. The molecule has 2 bridgehead atoms. The number of esters is 1. The van der Waals surface area contributed by atoms with Crippen LogP contribution in [-0.2, 0) is 14.3 Å². The largest absolute Gasteiger partial charge is 0.468 e. The number of rotatable bonds is 4. The van der Waals surface area contributed by atoms with Gasteiger partial charge in [-0.3, -0.25) is 9.59 Å². The van der Waals surface area contributed by atoms with Crippen LogP contribution in [0.3, 0.4) is 0 Å². The summed E-state index contributed by atoms with van der Waals surface area (Å²) in [6.45, 7) is 3.84. The zero-order valence-electron chi connectivity index (χ0n) is 16.2. The third-order valence-electron chi connectivity index (χ3n) is 5.28. The first-order chi connectivity index (χ1) is 13.9. The Kier molecular flexibility index (Phi) is 4.74. The highest BCUT2D eigenvalue weighted by molar-refractivity contribution is 6.08. The van der Waals surface area contributed by atoms with E-state index in [0.29, 0.717) is 30.0 Å². The van der Waals surface area contributed by atoms with E-state index in [1.54, 1.807) is 31.2 Å². The van der Waals surface area contributed by atoms with E-state index in [0.717, 1.165) is 5.56 Å². The molecule has 29 heavy (non-hydrogen) atoms. The number of hydrogen-bond acceptors (Lipinski definition) is 5. The Bertz CT molecular complexity index is 971. The van der Waals surface area contributed by atoms with Crippen molar-refractivity contribution < 1.29 is 23.9 Å². The van der Waals surface area contributed by atoms with E-state index in [2.05, 4.69) is 10.6 Å². The van der Waals surface area contributed by atoms with Crippen LogP contribution < -0.4 is 15.4 Å². The van der Waals surface area contributed by atoms with Gasteiger partial charge >= 0.3 is 5.97 Å². The monoisotopic (exact) mass is 394 g/mol. The van der Waals surface area contributed by atoms with Crippen molar-refractivity contribution in [3.63, 3.8) is 0 Å². The topological polar surface area (TPSA) is 93.7 Å². The number of hydrogen-bond donors (Lipinski definition) is 2. The van der Waals surface area contributed by atoms with E-state index in [9.17, 15) is 14.4 Å². The van der Waals surface area contributed by atoms with Gasteiger partial charge in [-0.25, -0.2) is 4.79 Å². The molecule has 150 valence electrons. The minimum atomic E-state index is -0.877. The fourth-order valence-corrected chi connectivity index (χ4v) is 4.01. The van der Waals surface area contributed by atoms with Crippen LogP contribution in [0.1, 0.15) is 42.1 Å². The Morgan fingerprint density at radius 3 is 2.66 bits per heavy atom. The maximum Gasteiger partial charge on any atom is 0.338 e. The normalized spacial score (nSPS) is 24.6. The number of nitrogens with one attached hydrogen (secondary N) is 2. The first-order valence-corrected chi connectivity index (χ1v) is 9.58. The van der Waals surface area contributed by atoms with Crippen LogP contribution in [0.15, 0.2) is 48.5 Å². The van der Waals surface area contributed by atoms with Crippen LogP contribution >= 0.6 is 0 Å². The summed E-state index contributed by atoms with van der Waals surface area (Å²) in [5.41, 5.74) is 0.935. The number of piperidine rings is 1. The Hall–Kier alpha value is -3.35. The van der Waals surface area contributed by atoms with Crippen molar-refractivity contribution in [1.82, 2.24) is 5.32 Å². The van der Waals surface area contributed by atoms with Gasteiger partial charge < -0.3 is 20.1 Å². The molecular weight excluding hydrogens is 372 g/mol. The summed E-state index contributed by atoms with van der Waals surface area (Å²) in [7, 11) is 0. The van der Waals surface area contributed by atoms with E-state index in [-0.39, 0.29) is 11.8 Å². The molecule has 2 aliphatic rings. The molecule has 7 heteroatoms. The van der Waals surface area contributed by atoms with Crippen molar-refractivity contribution in [2.45, 2.75) is 31.9 Å². The lowest BCUT2D eigenvalue weighted by atomic mass is 9.74. The molecule has 3 unspecified atom stereocenters. The van der Waals surface area contributed by atoms with Gasteiger partial charge in [0.1, 0.15) is 11.7 Å². The maximum absolute atomic E-state index is 13.0. The molecule has 1 fully saturated rings. The summed E-state index contributed by atoms with van der Waals surface area (Å²) in [5.74, 6) is -1.65. The van der Waals surface area contributed by atoms with E-state index in [1.807, 2.05) is 31.2 Å². The quantitative estimate of drug-likeness (QED) is 0.614. The molecule has 2 aliphatic heterocycles. The number of benzene rings is 2. The molecule has 0 radical (unpaired) electrons. The molecule has 3 atom stereocenters. The minimum Gasteiger partial charge on any atom is -0.468 e. The molecule has 0 aromatic heterocycles. The van der Waals surface area contributed by atoms with E-state index in [1.165, 1.54) is 0 Å². The van der Waals surface area contributed by atoms with Gasteiger partial charge in [-0.15, -0.1) is 0 Å². The van der Waals surface area contributed by atoms with Crippen molar-refractivity contribution in [3.8, 4) is 5.75 Å². The first kappa shape index (κ1) is 19.0. The third-order valence-corrected chi connectivity index (χ3v) is 5.28. The third kappa shape index (κ3) is 3.55. The Morgan fingerprint density at radius 2 is 1.93 bits per heavy atom. The van der Waals surface area contributed by atoms with Gasteiger partial charge in [0.05, 0.1) is 12.2 Å². The van der Waals surface area contributed by atoms with Crippen LogP contribution in [0.2, 0.25) is 0 Å². The average Bonchev–Trinajstić information content (AvgIpc) is 2.68. The van der Waals surface area contributed by atoms with Gasteiger partial charge in [-0.05, 0) is 49.7 Å². The number of para-hydroxylation sites is 1. The Labute approximate surface area is 168 Å². The van der Waals surface area contributed by atoms with Crippen molar-refractivity contribution in [2.24, 2.45) is 5.92 Å². The summed E-state index contributed by atoms with van der Waals surface area (Å²) in [6.07, 6.45) is 0.510. The second kappa shape index (κ2) is 7.24. The summed E-state index contributed by atoms with van der Waals surface area (Å²) in [5, 5.41) is 5.63. The summed E-state index contributed by atoms with van der Waals surface area (Å²) in [6, 6.07) is 13.9. The van der Waals surface area contributed by atoms with Crippen LogP contribution in [-0.4, -0.2) is 30.1 Å². The van der Waals surface area contributed by atoms with Crippen LogP contribution in [0.25, 0.3) is 0 Å². The van der Waals surface area contributed by atoms with Gasteiger partial charge in [0, 0.05) is 18.0 Å². The van der Waals surface area contributed by atoms with E-state index in [4.69, 9.17) is 9.47 Å². The fourth-order valence-electron chi connectivity index (χ4n) is 4.01. The summed E-state index contributed by atoms with van der Waals surface area (Å²) >= 11 is 0. The predicted molar refractivity (Wildman–Crippen MR) is 105 cm³/mol. The van der Waals surface area contributed by atoms with Gasteiger partial charge in [0.2, 0.25) is 11.8 Å². The second-order valence-electron chi connectivity index (χ2n) is 7.44. The number of carbonyl (C=O) groups excluding carboxylic acids is 3. The summed E-state index contributed by atoms with van der Waals surface area (Å²) in [4.78, 5) is 37.5. The maximum atomic E-state index is 13.0. The highest BCUT2D eigenvalue weighted by atomic mass is 16.5. The standard InChI is InChI=1S/C22H22N2O5/c1-3-28-21(27)13-8-10-14(11-9-13)23-19(25)18-16-12-22(2,24-20(18)26)29-17-7-5-4-6-15(16)17/h4-11,16,18H,3,12H2,1-2H3,(H,23,25)(H,24,26). The highest BCUT2D eigenvalue weighted by Gasteiger charge is 2.51. The van der Waals surface area contributed by atoms with Crippen molar-refractivity contribution in [1.29, 1.82) is 0 Å². The SMILES string of the molecule is CCOC(=O)c1ccc(NC(=O)C2C(=O)NC3(C)CC2c2ccccc2O3)cc1. The molecule has 2 aromatic rings.